The van der Waals surface area contributed by atoms with Crippen molar-refractivity contribution in [3.05, 3.63) is 39.3 Å². The Hall–Kier alpha value is -1.53. The minimum Gasteiger partial charge on any atom is -0.388 e. The van der Waals surface area contributed by atoms with Gasteiger partial charge in [-0.15, -0.1) is 11.3 Å². The third-order valence-electron chi connectivity index (χ3n) is 2.79. The Bertz CT molecular complexity index is 621. The highest BCUT2D eigenvalue weighted by molar-refractivity contribution is 7.80. The molecule has 0 aliphatic carbocycles. The van der Waals surface area contributed by atoms with Crippen LogP contribution in [0.15, 0.2) is 18.2 Å². The Morgan fingerprint density at radius 1 is 1.40 bits per heavy atom. The summed E-state index contributed by atoms with van der Waals surface area (Å²) in [6.45, 7) is 6.13. The van der Waals surface area contributed by atoms with Crippen molar-refractivity contribution in [2.45, 2.75) is 33.2 Å². The van der Waals surface area contributed by atoms with Gasteiger partial charge < -0.3 is 11.1 Å². The largest absolute Gasteiger partial charge is 0.388 e. The Balaban J connectivity index is 2.07. The van der Waals surface area contributed by atoms with Crippen LogP contribution in [0.25, 0.3) is 0 Å². The first kappa shape index (κ1) is 14.9. The predicted octanol–water partition coefficient (Wildman–Crippen LogP) is 2.83. The molecular weight excluding hydrogens is 288 g/mol. The van der Waals surface area contributed by atoms with Crippen LogP contribution < -0.4 is 11.1 Å². The number of nitrogens with zero attached hydrogens (tertiary/aromatic N) is 2. The van der Waals surface area contributed by atoms with E-state index < -0.39 is 0 Å². The van der Waals surface area contributed by atoms with Gasteiger partial charge in [0.15, 0.2) is 0 Å². The third-order valence-corrected chi connectivity index (χ3v) is 4.02. The topological polar surface area (TPSA) is 63.8 Å². The fraction of sp³-hybridized carbons (Fsp3) is 0.357. The second-order valence-electron chi connectivity index (χ2n) is 4.84. The van der Waals surface area contributed by atoms with Crippen molar-refractivity contribution in [2.24, 2.45) is 5.73 Å². The quantitative estimate of drug-likeness (QED) is 0.832. The van der Waals surface area contributed by atoms with E-state index in [1.165, 1.54) is 9.75 Å². The lowest BCUT2D eigenvalue weighted by molar-refractivity contribution is 0.784. The lowest BCUT2D eigenvalue weighted by Gasteiger charge is -2.14. The summed E-state index contributed by atoms with van der Waals surface area (Å²) < 4.78 is 0. The minimum absolute atomic E-state index is 0.244. The summed E-state index contributed by atoms with van der Waals surface area (Å²) in [4.78, 5) is 11.7. The number of hydrogen-bond donors (Lipinski definition) is 2. The Kier molecular flexibility index (Phi) is 4.67. The van der Waals surface area contributed by atoms with Crippen LogP contribution in [-0.4, -0.2) is 21.0 Å². The molecule has 2 rings (SSSR count). The van der Waals surface area contributed by atoms with E-state index in [0.29, 0.717) is 16.6 Å². The summed E-state index contributed by atoms with van der Waals surface area (Å²) in [5, 5.41) is 3.30. The van der Waals surface area contributed by atoms with Crippen LogP contribution >= 0.6 is 23.6 Å². The number of aromatic nitrogens is 2. The number of anilines is 1. The molecule has 1 atom stereocenters. The molecule has 0 spiro atoms. The molecule has 3 N–H and O–H groups in total. The third kappa shape index (κ3) is 3.98. The highest BCUT2D eigenvalue weighted by Crippen LogP contribution is 2.17. The van der Waals surface area contributed by atoms with Gasteiger partial charge in [-0.05, 0) is 39.0 Å². The molecule has 106 valence electrons. The van der Waals surface area contributed by atoms with Gasteiger partial charge in [0, 0.05) is 27.9 Å². The molecule has 0 amide bonds. The Morgan fingerprint density at radius 2 is 2.15 bits per heavy atom. The molecule has 20 heavy (non-hydrogen) atoms. The number of hydrogen-bond acceptors (Lipinski definition) is 5. The zero-order valence-electron chi connectivity index (χ0n) is 11.8. The lowest BCUT2D eigenvalue weighted by atomic mass is 10.2. The van der Waals surface area contributed by atoms with Gasteiger partial charge in [-0.25, -0.2) is 9.97 Å². The van der Waals surface area contributed by atoms with E-state index in [1.54, 1.807) is 6.07 Å². The lowest BCUT2D eigenvalue weighted by Crippen LogP contribution is -2.21. The maximum atomic E-state index is 5.62. The van der Waals surface area contributed by atoms with E-state index in [4.69, 9.17) is 18.0 Å². The first-order chi connectivity index (χ1) is 9.44. The molecule has 0 aliphatic heterocycles. The molecule has 0 radical (unpaired) electrons. The fourth-order valence-electron chi connectivity index (χ4n) is 1.93. The van der Waals surface area contributed by atoms with E-state index in [9.17, 15) is 0 Å². The number of rotatable bonds is 5. The molecule has 6 heteroatoms. The van der Waals surface area contributed by atoms with Gasteiger partial charge in [0.25, 0.3) is 0 Å². The van der Waals surface area contributed by atoms with Crippen LogP contribution in [0.5, 0.6) is 0 Å². The molecule has 0 fully saturated rings. The summed E-state index contributed by atoms with van der Waals surface area (Å²) in [7, 11) is 0. The molecular formula is C14H18N4S2. The summed E-state index contributed by atoms with van der Waals surface area (Å²) in [5.41, 5.74) is 7.08. The standard InChI is InChI=1S/C14H18N4S2/c1-8(6-11-5-4-10(3)20-11)16-14-17-9(2)7-12(18-14)13(15)19/h4-5,7-8H,6H2,1-3H3,(H2,15,19)(H,16,17,18). The molecule has 0 saturated heterocycles. The predicted molar refractivity (Wildman–Crippen MR) is 88.5 cm³/mol. The van der Waals surface area contributed by atoms with Gasteiger partial charge in [-0.2, -0.15) is 0 Å². The van der Waals surface area contributed by atoms with Crippen molar-refractivity contribution < 1.29 is 0 Å². The van der Waals surface area contributed by atoms with Gasteiger partial charge in [0.1, 0.15) is 10.7 Å². The maximum Gasteiger partial charge on any atom is 0.223 e. The fourth-order valence-corrected chi connectivity index (χ4v) is 3.05. The molecule has 2 aromatic rings. The molecule has 2 aromatic heterocycles. The highest BCUT2D eigenvalue weighted by Gasteiger charge is 2.09. The van der Waals surface area contributed by atoms with E-state index >= 15 is 0 Å². The number of nitrogens with two attached hydrogens (primary N) is 1. The average Bonchev–Trinajstić information content (AvgIpc) is 2.73. The minimum atomic E-state index is 0.244. The monoisotopic (exact) mass is 306 g/mol. The smallest absolute Gasteiger partial charge is 0.223 e. The molecule has 0 aliphatic rings. The zero-order chi connectivity index (χ0) is 14.7. The van der Waals surface area contributed by atoms with Gasteiger partial charge in [0.2, 0.25) is 5.95 Å². The van der Waals surface area contributed by atoms with Crippen LogP contribution in [0.4, 0.5) is 5.95 Å². The van der Waals surface area contributed by atoms with Gasteiger partial charge in [0.05, 0.1) is 0 Å². The summed E-state index contributed by atoms with van der Waals surface area (Å²) in [6, 6.07) is 6.34. The first-order valence-electron chi connectivity index (χ1n) is 6.41. The van der Waals surface area contributed by atoms with Crippen molar-refractivity contribution in [2.75, 3.05) is 5.32 Å². The average molecular weight is 306 g/mol. The van der Waals surface area contributed by atoms with E-state index in [1.807, 2.05) is 18.3 Å². The van der Waals surface area contributed by atoms with E-state index in [2.05, 4.69) is 41.3 Å². The molecule has 2 heterocycles. The van der Waals surface area contributed by atoms with Crippen molar-refractivity contribution in [3.63, 3.8) is 0 Å². The van der Waals surface area contributed by atoms with Gasteiger partial charge in [-0.3, -0.25) is 0 Å². The van der Waals surface area contributed by atoms with Crippen LogP contribution in [0.3, 0.4) is 0 Å². The number of thiocarbonyl (C=S) groups is 1. The van der Waals surface area contributed by atoms with Crippen LogP contribution in [-0.2, 0) is 6.42 Å². The van der Waals surface area contributed by atoms with E-state index in [0.717, 1.165) is 12.1 Å². The highest BCUT2D eigenvalue weighted by atomic mass is 32.1. The van der Waals surface area contributed by atoms with Crippen molar-refractivity contribution in [1.82, 2.24) is 9.97 Å². The molecule has 0 aromatic carbocycles. The SMILES string of the molecule is Cc1cc(C(N)=S)nc(NC(C)Cc2ccc(C)s2)n1. The summed E-state index contributed by atoms with van der Waals surface area (Å²) in [5.74, 6) is 0.577. The zero-order valence-corrected chi connectivity index (χ0v) is 13.4. The van der Waals surface area contributed by atoms with E-state index in [-0.39, 0.29) is 6.04 Å². The normalized spacial score (nSPS) is 12.2. The summed E-state index contributed by atoms with van der Waals surface area (Å²) >= 11 is 6.78. The number of aryl methyl sites for hydroxylation is 2. The number of thiophene rings is 1. The Labute approximate surface area is 128 Å². The first-order valence-corrected chi connectivity index (χ1v) is 7.64. The van der Waals surface area contributed by atoms with Crippen LogP contribution in [0.2, 0.25) is 0 Å². The molecule has 0 bridgehead atoms. The second kappa shape index (κ2) is 6.28. The second-order valence-corrected chi connectivity index (χ2v) is 6.66. The van der Waals surface area contributed by atoms with Gasteiger partial charge >= 0.3 is 0 Å². The maximum absolute atomic E-state index is 5.62. The molecule has 4 nitrogen and oxygen atoms in total. The Morgan fingerprint density at radius 3 is 2.75 bits per heavy atom. The van der Waals surface area contributed by atoms with Crippen molar-refractivity contribution >= 4 is 34.5 Å². The van der Waals surface area contributed by atoms with Gasteiger partial charge in [-0.1, -0.05) is 12.2 Å². The van der Waals surface area contributed by atoms with Crippen LogP contribution in [0, 0.1) is 13.8 Å². The molecule has 1 unspecified atom stereocenters. The number of nitrogens with one attached hydrogen (secondary N) is 1. The van der Waals surface area contributed by atoms with Crippen molar-refractivity contribution in [1.29, 1.82) is 0 Å². The summed E-state index contributed by atoms with van der Waals surface area (Å²) in [6.07, 6.45) is 0.943. The molecule has 0 saturated carbocycles. The van der Waals surface area contributed by atoms with Crippen molar-refractivity contribution in [3.8, 4) is 0 Å². The van der Waals surface area contributed by atoms with Crippen LogP contribution in [0.1, 0.15) is 28.1 Å².